The molecule has 234 valence electrons. The molecule has 0 aromatic rings. The number of carbonyl (C=O) groups is 5. The number of hydrogen-bond donors (Lipinski definition) is 4. The summed E-state index contributed by atoms with van der Waals surface area (Å²) in [5.74, 6) is -1.24. The van der Waals surface area contributed by atoms with Gasteiger partial charge in [0.2, 0.25) is 17.6 Å². The number of nitrogens with zero attached hydrogens (tertiary/aromatic N) is 1. The average molecular weight is 578 g/mol. The van der Waals surface area contributed by atoms with Crippen LogP contribution >= 0.6 is 0 Å². The fourth-order valence-electron chi connectivity index (χ4n) is 5.07. The van der Waals surface area contributed by atoms with Crippen LogP contribution in [0.3, 0.4) is 0 Å². The molecule has 1 heterocycles. The van der Waals surface area contributed by atoms with Gasteiger partial charge in [-0.25, -0.2) is 4.79 Å². The van der Waals surface area contributed by atoms with Crippen LogP contribution in [0.4, 0.5) is 4.79 Å². The maximum absolute atomic E-state index is 13.2. The van der Waals surface area contributed by atoms with Gasteiger partial charge in [-0.1, -0.05) is 61.3 Å². The van der Waals surface area contributed by atoms with E-state index in [1.807, 2.05) is 53.4 Å². The van der Waals surface area contributed by atoms with Gasteiger partial charge in [-0.3, -0.25) is 19.2 Å². The van der Waals surface area contributed by atoms with Crippen LogP contribution in [-0.4, -0.2) is 72.2 Å². The van der Waals surface area contributed by atoms with Gasteiger partial charge in [0, 0.05) is 38.0 Å². The number of rotatable bonds is 15. The van der Waals surface area contributed by atoms with Crippen LogP contribution in [0.2, 0.25) is 0 Å². The second-order valence-electron chi connectivity index (χ2n) is 14.0. The minimum atomic E-state index is -0.764. The zero-order valence-corrected chi connectivity index (χ0v) is 26.5. The zero-order chi connectivity index (χ0) is 30.8. The molecular weight excluding hydrogens is 522 g/mol. The van der Waals surface area contributed by atoms with Crippen LogP contribution in [0.1, 0.15) is 113 Å². The Hall–Kier alpha value is -2.65. The van der Waals surface area contributed by atoms with Gasteiger partial charge in [-0.05, 0) is 55.8 Å². The Balaban J connectivity index is 1.86. The van der Waals surface area contributed by atoms with E-state index in [1.165, 1.54) is 0 Å². The Morgan fingerprint density at radius 3 is 2.17 bits per heavy atom. The summed E-state index contributed by atoms with van der Waals surface area (Å²) in [6.45, 7) is 15.3. The first-order valence-electron chi connectivity index (χ1n) is 15.6. The first kappa shape index (κ1) is 34.6. The molecule has 5 amide bonds. The maximum Gasteiger partial charge on any atom is 0.315 e. The Morgan fingerprint density at radius 2 is 1.61 bits per heavy atom. The smallest absolute Gasteiger partial charge is 0.315 e. The van der Waals surface area contributed by atoms with Gasteiger partial charge in [0.1, 0.15) is 6.04 Å². The molecular formula is C31H55N5O5. The molecule has 1 aliphatic heterocycles. The summed E-state index contributed by atoms with van der Waals surface area (Å²) in [6.07, 6.45) is 7.79. The molecule has 3 atom stereocenters. The van der Waals surface area contributed by atoms with Crippen LogP contribution in [0.15, 0.2) is 0 Å². The van der Waals surface area contributed by atoms with E-state index < -0.39 is 23.4 Å². The van der Waals surface area contributed by atoms with Crippen molar-refractivity contribution in [3.63, 3.8) is 0 Å². The van der Waals surface area contributed by atoms with E-state index in [-0.39, 0.29) is 41.0 Å². The van der Waals surface area contributed by atoms with Crippen molar-refractivity contribution in [1.82, 2.24) is 26.2 Å². The van der Waals surface area contributed by atoms with Crippen molar-refractivity contribution in [3.05, 3.63) is 0 Å². The van der Waals surface area contributed by atoms with Crippen molar-refractivity contribution < 1.29 is 24.0 Å². The molecule has 4 N–H and O–H groups in total. The lowest BCUT2D eigenvalue weighted by Gasteiger charge is -2.38. The lowest BCUT2D eigenvalue weighted by molar-refractivity contribution is -0.140. The fourth-order valence-corrected chi connectivity index (χ4v) is 5.07. The average Bonchev–Trinajstić information content (AvgIpc) is 3.69. The van der Waals surface area contributed by atoms with E-state index in [0.717, 1.165) is 32.1 Å². The SMILES string of the molecule is CCCC(CCCCNC(=O)C(NC(=O)NC(CN1CCCCC1=O)C(C)(C)C)C(C)(C)C)C(=O)C(=O)NC1CC1. The molecule has 10 nitrogen and oxygen atoms in total. The number of nitrogens with one attached hydrogen (secondary N) is 4. The van der Waals surface area contributed by atoms with Crippen molar-refractivity contribution in [2.75, 3.05) is 19.6 Å². The van der Waals surface area contributed by atoms with Gasteiger partial charge >= 0.3 is 6.03 Å². The first-order valence-corrected chi connectivity index (χ1v) is 15.6. The van der Waals surface area contributed by atoms with Gasteiger partial charge in [0.25, 0.3) is 5.91 Å². The fraction of sp³-hybridized carbons (Fsp3) is 0.839. The zero-order valence-electron chi connectivity index (χ0n) is 26.5. The highest BCUT2D eigenvalue weighted by Crippen LogP contribution is 2.24. The molecule has 1 saturated carbocycles. The van der Waals surface area contributed by atoms with Crippen molar-refractivity contribution in [2.45, 2.75) is 131 Å². The Bertz CT molecular complexity index is 919. The van der Waals surface area contributed by atoms with E-state index in [9.17, 15) is 24.0 Å². The number of likely N-dealkylation sites (tertiary alicyclic amines) is 1. The van der Waals surface area contributed by atoms with Crippen LogP contribution in [-0.2, 0) is 19.2 Å². The maximum atomic E-state index is 13.2. The van der Waals surface area contributed by atoms with E-state index in [2.05, 4.69) is 21.3 Å². The van der Waals surface area contributed by atoms with E-state index in [1.54, 1.807) is 0 Å². The lowest BCUT2D eigenvalue weighted by Crippen LogP contribution is -2.60. The summed E-state index contributed by atoms with van der Waals surface area (Å²) in [7, 11) is 0. The summed E-state index contributed by atoms with van der Waals surface area (Å²) in [6, 6.07) is -1.32. The molecule has 2 aliphatic rings. The molecule has 0 aromatic heterocycles. The van der Waals surface area contributed by atoms with Gasteiger partial charge in [-0.2, -0.15) is 0 Å². The Labute approximate surface area is 246 Å². The molecule has 0 aromatic carbocycles. The van der Waals surface area contributed by atoms with E-state index in [4.69, 9.17) is 0 Å². The van der Waals surface area contributed by atoms with Crippen LogP contribution in [0, 0.1) is 16.7 Å². The number of piperidine rings is 1. The number of carbonyl (C=O) groups excluding carboxylic acids is 5. The predicted octanol–water partition coefficient (Wildman–Crippen LogP) is 3.68. The molecule has 0 radical (unpaired) electrons. The standard InChI is InChI=1S/C31H55N5O5/c1-8-13-21(25(38)27(39)33-22-16-17-22)14-9-11-18-32-28(40)26(31(5,6)7)35-29(41)34-23(30(2,3)4)20-36-19-12-10-15-24(36)37/h21-23,26H,8-20H2,1-7H3,(H,32,40)(H,33,39)(H2,34,35,41). The molecule has 1 saturated heterocycles. The monoisotopic (exact) mass is 577 g/mol. The third-order valence-electron chi connectivity index (χ3n) is 8.00. The molecule has 1 aliphatic carbocycles. The highest BCUT2D eigenvalue weighted by atomic mass is 16.2. The first-order chi connectivity index (χ1) is 19.1. The third-order valence-corrected chi connectivity index (χ3v) is 8.00. The Kier molecular flexibility index (Phi) is 13.1. The van der Waals surface area contributed by atoms with E-state index >= 15 is 0 Å². The molecule has 10 heteroatoms. The number of unbranched alkanes of at least 4 members (excludes halogenated alkanes) is 1. The highest BCUT2D eigenvalue weighted by molar-refractivity contribution is 6.37. The summed E-state index contributed by atoms with van der Waals surface area (Å²) in [4.78, 5) is 65.3. The number of amides is 5. The minimum Gasteiger partial charge on any atom is -0.354 e. The second kappa shape index (κ2) is 15.5. The summed E-state index contributed by atoms with van der Waals surface area (Å²) >= 11 is 0. The van der Waals surface area contributed by atoms with Crippen molar-refractivity contribution in [3.8, 4) is 0 Å². The molecule has 3 unspecified atom stereocenters. The Morgan fingerprint density at radius 1 is 0.927 bits per heavy atom. The predicted molar refractivity (Wildman–Crippen MR) is 160 cm³/mol. The third kappa shape index (κ3) is 12.0. The molecule has 0 bridgehead atoms. The molecule has 41 heavy (non-hydrogen) atoms. The number of ketones is 1. The summed E-state index contributed by atoms with van der Waals surface area (Å²) in [5.41, 5.74) is -0.820. The highest BCUT2D eigenvalue weighted by Gasteiger charge is 2.35. The number of hydrogen-bond acceptors (Lipinski definition) is 5. The molecule has 0 spiro atoms. The molecule has 2 fully saturated rings. The van der Waals surface area contributed by atoms with Gasteiger partial charge in [0.15, 0.2) is 0 Å². The van der Waals surface area contributed by atoms with Crippen molar-refractivity contribution in [1.29, 1.82) is 0 Å². The van der Waals surface area contributed by atoms with E-state index in [0.29, 0.717) is 51.7 Å². The normalized spacial score (nSPS) is 18.2. The second-order valence-corrected chi connectivity index (χ2v) is 14.0. The lowest BCUT2D eigenvalue weighted by atomic mass is 9.85. The van der Waals surface area contributed by atoms with Crippen LogP contribution in [0.25, 0.3) is 0 Å². The van der Waals surface area contributed by atoms with Gasteiger partial charge < -0.3 is 26.2 Å². The van der Waals surface area contributed by atoms with Gasteiger partial charge in [-0.15, -0.1) is 0 Å². The quantitative estimate of drug-likeness (QED) is 0.174. The van der Waals surface area contributed by atoms with Crippen LogP contribution < -0.4 is 21.3 Å². The van der Waals surface area contributed by atoms with Crippen molar-refractivity contribution in [2.24, 2.45) is 16.7 Å². The minimum absolute atomic E-state index is 0.117. The summed E-state index contributed by atoms with van der Waals surface area (Å²) in [5, 5.41) is 11.6. The topological polar surface area (TPSA) is 137 Å². The number of urea groups is 1. The largest absolute Gasteiger partial charge is 0.354 e. The summed E-state index contributed by atoms with van der Waals surface area (Å²) < 4.78 is 0. The molecule has 2 rings (SSSR count). The number of Topliss-reactive ketones (excluding diaryl/α,β-unsaturated/α-hetero) is 1. The van der Waals surface area contributed by atoms with Crippen LogP contribution in [0.5, 0.6) is 0 Å². The van der Waals surface area contributed by atoms with Gasteiger partial charge in [0.05, 0.1) is 6.04 Å². The van der Waals surface area contributed by atoms with Crippen molar-refractivity contribution >= 4 is 29.5 Å².